The molecule has 0 aliphatic carbocycles. The summed E-state index contributed by atoms with van der Waals surface area (Å²) in [5.74, 6) is -0.606. The van der Waals surface area contributed by atoms with E-state index in [-0.39, 0.29) is 18.0 Å². The lowest BCUT2D eigenvalue weighted by atomic mass is 10.1. The number of ether oxygens (including phenoxy) is 2. The molecule has 0 N–H and O–H groups in total. The molecule has 0 aromatic rings. The predicted octanol–water partition coefficient (Wildman–Crippen LogP) is 5.37. The summed E-state index contributed by atoms with van der Waals surface area (Å²) >= 11 is 0. The van der Waals surface area contributed by atoms with Gasteiger partial charge in [0.05, 0.1) is 12.7 Å². The van der Waals surface area contributed by atoms with E-state index in [1.807, 2.05) is 13.8 Å². The van der Waals surface area contributed by atoms with Crippen molar-refractivity contribution in [3.63, 3.8) is 0 Å². The lowest BCUT2D eigenvalue weighted by Crippen LogP contribution is -2.13. The van der Waals surface area contributed by atoms with Crippen LogP contribution < -0.4 is 0 Å². The summed E-state index contributed by atoms with van der Waals surface area (Å²) in [6.07, 6.45) is 10.7. The molecule has 4 heteroatoms. The van der Waals surface area contributed by atoms with E-state index in [0.717, 1.165) is 19.3 Å². The second-order valence-corrected chi connectivity index (χ2v) is 5.90. The Labute approximate surface area is 148 Å². The van der Waals surface area contributed by atoms with E-state index in [0.29, 0.717) is 12.2 Å². The summed E-state index contributed by atoms with van der Waals surface area (Å²) in [6.45, 7) is 15.0. The van der Waals surface area contributed by atoms with Crippen LogP contribution in [0.15, 0.2) is 24.8 Å². The third kappa shape index (κ3) is 18.5. The molecule has 0 spiro atoms. The Balaban J connectivity index is 0. The number of unbranched alkanes of at least 4 members (excludes halogenated alkanes) is 6. The Hall–Kier alpha value is -1.58. The van der Waals surface area contributed by atoms with E-state index in [9.17, 15) is 9.59 Å². The van der Waals surface area contributed by atoms with Gasteiger partial charge in [0, 0.05) is 11.6 Å². The molecule has 0 aliphatic heterocycles. The molecule has 0 aromatic carbocycles. The highest BCUT2D eigenvalue weighted by Gasteiger charge is 2.06. The van der Waals surface area contributed by atoms with Crippen LogP contribution >= 0.6 is 0 Å². The van der Waals surface area contributed by atoms with Gasteiger partial charge in [-0.3, -0.25) is 0 Å². The number of carbonyl (C=O) groups is 2. The Morgan fingerprint density at radius 1 is 1.04 bits per heavy atom. The molecule has 1 atom stereocenters. The lowest BCUT2D eigenvalue weighted by molar-refractivity contribution is -0.143. The van der Waals surface area contributed by atoms with Gasteiger partial charge in [-0.2, -0.15) is 0 Å². The molecule has 0 aromatic heterocycles. The molecule has 0 rings (SSSR count). The molecule has 4 nitrogen and oxygen atoms in total. The van der Waals surface area contributed by atoms with Crippen molar-refractivity contribution in [1.29, 1.82) is 0 Å². The monoisotopic (exact) mass is 340 g/mol. The first-order valence-electron chi connectivity index (χ1n) is 9.04. The van der Waals surface area contributed by atoms with Crippen molar-refractivity contribution in [3.8, 4) is 0 Å². The van der Waals surface area contributed by atoms with Crippen molar-refractivity contribution < 1.29 is 19.1 Å². The summed E-state index contributed by atoms with van der Waals surface area (Å²) < 4.78 is 9.78. The van der Waals surface area contributed by atoms with Crippen molar-refractivity contribution in [2.24, 2.45) is 0 Å². The zero-order chi connectivity index (χ0) is 18.8. The molecule has 0 saturated heterocycles. The predicted molar refractivity (Wildman–Crippen MR) is 99.8 cm³/mol. The van der Waals surface area contributed by atoms with Crippen LogP contribution in [0.4, 0.5) is 0 Å². The molecule has 0 saturated carbocycles. The van der Waals surface area contributed by atoms with Crippen LogP contribution in [0.5, 0.6) is 0 Å². The third-order valence-corrected chi connectivity index (χ3v) is 3.39. The normalized spacial score (nSPS) is 10.8. The Bertz CT molecular complexity index is 361. The molecule has 0 bridgehead atoms. The van der Waals surface area contributed by atoms with Gasteiger partial charge in [0.1, 0.15) is 0 Å². The van der Waals surface area contributed by atoms with Gasteiger partial charge in [0.25, 0.3) is 0 Å². The highest BCUT2D eigenvalue weighted by Crippen LogP contribution is 2.06. The molecule has 0 amide bonds. The van der Waals surface area contributed by atoms with E-state index < -0.39 is 0 Å². The molecular weight excluding hydrogens is 304 g/mol. The Morgan fingerprint density at radius 2 is 1.58 bits per heavy atom. The van der Waals surface area contributed by atoms with Gasteiger partial charge in [-0.25, -0.2) is 9.59 Å². The van der Waals surface area contributed by atoms with Crippen LogP contribution in [-0.4, -0.2) is 24.6 Å². The number of hydrogen-bond donors (Lipinski definition) is 0. The van der Waals surface area contributed by atoms with Crippen LogP contribution in [0.3, 0.4) is 0 Å². The van der Waals surface area contributed by atoms with Crippen molar-refractivity contribution >= 4 is 11.9 Å². The van der Waals surface area contributed by atoms with Crippen LogP contribution in [-0.2, 0) is 19.1 Å². The molecule has 0 radical (unpaired) electrons. The Kier molecular flexibility index (Phi) is 18.3. The molecule has 140 valence electrons. The molecule has 0 fully saturated rings. The minimum atomic E-state index is -0.309. The number of rotatable bonds is 12. The maximum atomic E-state index is 10.8. The van der Waals surface area contributed by atoms with Crippen molar-refractivity contribution in [2.45, 2.75) is 85.2 Å². The highest BCUT2D eigenvalue weighted by atomic mass is 16.5. The van der Waals surface area contributed by atoms with E-state index >= 15 is 0 Å². The fourth-order valence-electron chi connectivity index (χ4n) is 1.66. The minimum absolute atomic E-state index is 0.00389. The summed E-state index contributed by atoms with van der Waals surface area (Å²) in [7, 11) is 0. The van der Waals surface area contributed by atoms with E-state index in [2.05, 4.69) is 20.1 Å². The minimum Gasteiger partial charge on any atom is -0.463 e. The van der Waals surface area contributed by atoms with Gasteiger partial charge in [-0.05, 0) is 26.7 Å². The second-order valence-electron chi connectivity index (χ2n) is 5.90. The van der Waals surface area contributed by atoms with E-state index in [1.165, 1.54) is 38.2 Å². The SMILES string of the molecule is C=C(C)C(=O)OC(C)CC.C=CC(=O)OCCCCCCCCC. The number of esters is 2. The Morgan fingerprint density at radius 3 is 2.04 bits per heavy atom. The second kappa shape index (κ2) is 17.8. The average molecular weight is 341 g/mol. The molecule has 0 aliphatic rings. The van der Waals surface area contributed by atoms with Crippen molar-refractivity contribution in [3.05, 3.63) is 24.8 Å². The summed E-state index contributed by atoms with van der Waals surface area (Å²) in [5.41, 5.74) is 0.459. The zero-order valence-electron chi connectivity index (χ0n) is 16.1. The average Bonchev–Trinajstić information content (AvgIpc) is 2.57. The van der Waals surface area contributed by atoms with Crippen LogP contribution in [0.2, 0.25) is 0 Å². The highest BCUT2D eigenvalue weighted by molar-refractivity contribution is 5.87. The maximum Gasteiger partial charge on any atom is 0.333 e. The first-order chi connectivity index (χ1) is 11.4. The smallest absolute Gasteiger partial charge is 0.333 e. The number of hydrogen-bond acceptors (Lipinski definition) is 4. The van der Waals surface area contributed by atoms with Crippen LogP contribution in [0.25, 0.3) is 0 Å². The largest absolute Gasteiger partial charge is 0.463 e. The number of carbonyl (C=O) groups excluding carboxylic acids is 2. The van der Waals surface area contributed by atoms with Crippen LogP contribution in [0.1, 0.15) is 79.1 Å². The first kappa shape index (κ1) is 24.7. The van der Waals surface area contributed by atoms with E-state index in [1.54, 1.807) is 6.92 Å². The molecular formula is C20H36O4. The lowest BCUT2D eigenvalue weighted by Gasteiger charge is -2.09. The van der Waals surface area contributed by atoms with E-state index in [4.69, 9.17) is 9.47 Å². The summed E-state index contributed by atoms with van der Waals surface area (Å²) in [5, 5.41) is 0. The topological polar surface area (TPSA) is 52.6 Å². The first-order valence-corrected chi connectivity index (χ1v) is 9.04. The van der Waals surface area contributed by atoms with Gasteiger partial charge >= 0.3 is 11.9 Å². The zero-order valence-corrected chi connectivity index (χ0v) is 16.1. The maximum absolute atomic E-state index is 10.8. The van der Waals surface area contributed by atoms with Gasteiger partial charge in [-0.1, -0.05) is 65.5 Å². The molecule has 1 unspecified atom stereocenters. The van der Waals surface area contributed by atoms with Crippen molar-refractivity contribution in [2.75, 3.05) is 6.61 Å². The standard InChI is InChI=1S/C12H22O2.C8H14O2/c1-3-5-6-7-8-9-10-11-14-12(13)4-2;1-5-7(4)10-8(9)6(2)3/h4H,2-3,5-11H2,1H3;7H,2,5H2,1,3-4H3. The fraction of sp³-hybridized carbons (Fsp3) is 0.700. The van der Waals surface area contributed by atoms with Gasteiger partial charge in [-0.15, -0.1) is 0 Å². The van der Waals surface area contributed by atoms with Crippen molar-refractivity contribution in [1.82, 2.24) is 0 Å². The van der Waals surface area contributed by atoms with Crippen LogP contribution in [0, 0.1) is 0 Å². The fourth-order valence-corrected chi connectivity index (χ4v) is 1.66. The van der Waals surface area contributed by atoms with Gasteiger partial charge < -0.3 is 9.47 Å². The third-order valence-electron chi connectivity index (χ3n) is 3.39. The molecule has 24 heavy (non-hydrogen) atoms. The quantitative estimate of drug-likeness (QED) is 0.272. The van der Waals surface area contributed by atoms with Gasteiger partial charge in [0.15, 0.2) is 0 Å². The summed E-state index contributed by atoms with van der Waals surface area (Å²) in [4.78, 5) is 21.4. The summed E-state index contributed by atoms with van der Waals surface area (Å²) in [6, 6.07) is 0. The van der Waals surface area contributed by atoms with Gasteiger partial charge in [0.2, 0.25) is 0 Å². The molecule has 0 heterocycles.